The molecule has 1 saturated carbocycles. The Morgan fingerprint density at radius 1 is 1.00 bits per heavy atom. The summed E-state index contributed by atoms with van der Waals surface area (Å²) >= 11 is 0. The fourth-order valence-corrected chi connectivity index (χ4v) is 6.63. The smallest absolute Gasteiger partial charge is 0.329 e. The van der Waals surface area contributed by atoms with Crippen LogP contribution in [0.3, 0.4) is 0 Å². The van der Waals surface area contributed by atoms with Gasteiger partial charge in [0.05, 0.1) is 18.6 Å². The zero-order valence-electron chi connectivity index (χ0n) is 21.1. The third-order valence-electron chi connectivity index (χ3n) is 9.00. The van der Waals surface area contributed by atoms with Crippen LogP contribution in [0.1, 0.15) is 104 Å². The van der Waals surface area contributed by atoms with Crippen molar-refractivity contribution in [2.75, 3.05) is 6.54 Å². The molecule has 1 amide bonds. The number of cyclic esters (lactones) is 1. The van der Waals surface area contributed by atoms with Gasteiger partial charge in [-0.1, -0.05) is 13.8 Å². The summed E-state index contributed by atoms with van der Waals surface area (Å²) in [7, 11) is 0. The van der Waals surface area contributed by atoms with Gasteiger partial charge in [0.2, 0.25) is 5.91 Å². The van der Waals surface area contributed by atoms with E-state index in [0.717, 1.165) is 77.0 Å². The molecule has 4 rings (SSSR count). The molecule has 1 unspecified atom stereocenters. The van der Waals surface area contributed by atoms with Crippen LogP contribution in [-0.2, 0) is 19.1 Å². The summed E-state index contributed by atoms with van der Waals surface area (Å²) in [5, 5.41) is 21.1. The van der Waals surface area contributed by atoms with Crippen LogP contribution >= 0.6 is 0 Å². The van der Waals surface area contributed by atoms with Gasteiger partial charge < -0.3 is 24.6 Å². The molecule has 3 heterocycles. The van der Waals surface area contributed by atoms with Crippen LogP contribution in [0, 0.1) is 17.8 Å². The highest BCUT2D eigenvalue weighted by molar-refractivity contribution is 5.85. The molecule has 194 valence electrons. The van der Waals surface area contributed by atoms with Crippen LogP contribution in [0.4, 0.5) is 0 Å². The zero-order chi connectivity index (χ0) is 24.3. The fourth-order valence-electron chi connectivity index (χ4n) is 6.63. The first-order valence-electron chi connectivity index (χ1n) is 13.8. The number of fused-ring (bicyclic) bond motifs is 3. The molecule has 0 aromatic heterocycles. The number of aliphatic hydroxyl groups excluding tert-OH is 1. The molecule has 0 aromatic carbocycles. The number of ether oxygens (including phenoxy) is 2. The van der Waals surface area contributed by atoms with Crippen molar-refractivity contribution in [3.05, 3.63) is 0 Å². The number of nitrogens with zero attached hydrogens (tertiary/aromatic N) is 1. The lowest BCUT2D eigenvalue weighted by Crippen LogP contribution is -2.54. The first-order valence-corrected chi connectivity index (χ1v) is 13.8. The minimum atomic E-state index is -1.46. The van der Waals surface area contributed by atoms with Crippen LogP contribution in [0.25, 0.3) is 0 Å². The van der Waals surface area contributed by atoms with Gasteiger partial charge in [0.15, 0.2) is 5.79 Å². The van der Waals surface area contributed by atoms with Gasteiger partial charge >= 0.3 is 5.97 Å². The van der Waals surface area contributed by atoms with E-state index in [4.69, 9.17) is 9.47 Å². The van der Waals surface area contributed by atoms with Crippen molar-refractivity contribution in [1.29, 1.82) is 0 Å². The van der Waals surface area contributed by atoms with E-state index in [0.29, 0.717) is 18.9 Å². The summed E-state index contributed by atoms with van der Waals surface area (Å²) in [4.78, 5) is 28.3. The van der Waals surface area contributed by atoms with Crippen molar-refractivity contribution in [1.82, 2.24) is 4.90 Å². The molecule has 2 N–H and O–H groups in total. The van der Waals surface area contributed by atoms with Crippen LogP contribution < -0.4 is 0 Å². The summed E-state index contributed by atoms with van der Waals surface area (Å²) in [6, 6.07) is -0.570. The molecule has 1 aliphatic carbocycles. The van der Waals surface area contributed by atoms with Gasteiger partial charge in [-0.05, 0) is 95.3 Å². The van der Waals surface area contributed by atoms with Crippen molar-refractivity contribution < 1.29 is 29.3 Å². The SMILES string of the molecule is C[C@H](C[C@H]1CC[C@H](O)CC1)C1CCC[C@@H]2CC[C@@H](C)[C@](O)(CC(=O)N3CCCC[C@H]3C(=O)O1)O2. The van der Waals surface area contributed by atoms with Gasteiger partial charge in [-0.15, -0.1) is 0 Å². The Kier molecular flexibility index (Phi) is 8.57. The van der Waals surface area contributed by atoms with Crippen molar-refractivity contribution in [3.8, 4) is 0 Å². The van der Waals surface area contributed by atoms with Crippen LogP contribution in [0.5, 0.6) is 0 Å². The molecular formula is C27H45NO6. The predicted octanol–water partition coefficient (Wildman–Crippen LogP) is 3.93. The Balaban J connectivity index is 1.51. The standard InChI is InChI=1S/C27H45NO6/c1-18(16-20-10-12-21(29)13-11-20)24-8-5-6-22-14-9-19(2)27(32,34-22)17-25(30)28-15-4-3-7-23(28)26(31)33-24/h18-24,29,32H,3-17H2,1-2H3/t18-,19-,20-,21-,22-,23+,24?,27+/m1/s1. The molecule has 0 radical (unpaired) electrons. The molecule has 4 aliphatic rings. The van der Waals surface area contributed by atoms with E-state index in [2.05, 4.69) is 6.92 Å². The molecular weight excluding hydrogens is 434 g/mol. The normalized spacial score (nSPS) is 41.4. The molecule has 0 aromatic rings. The van der Waals surface area contributed by atoms with Crippen LogP contribution in [0.15, 0.2) is 0 Å². The number of hydrogen-bond donors (Lipinski definition) is 2. The Bertz CT molecular complexity index is 707. The number of aliphatic hydroxyl groups is 2. The molecule has 3 aliphatic heterocycles. The maximum absolute atomic E-state index is 13.4. The average Bonchev–Trinajstić information content (AvgIpc) is 2.82. The third-order valence-corrected chi connectivity index (χ3v) is 9.00. The highest BCUT2D eigenvalue weighted by Crippen LogP contribution is 2.38. The summed E-state index contributed by atoms with van der Waals surface area (Å²) in [6.45, 7) is 4.66. The van der Waals surface area contributed by atoms with Crippen molar-refractivity contribution in [2.24, 2.45) is 17.8 Å². The second kappa shape index (κ2) is 11.3. The summed E-state index contributed by atoms with van der Waals surface area (Å²) < 4.78 is 12.3. The summed E-state index contributed by atoms with van der Waals surface area (Å²) in [5.74, 6) is -1.28. The molecule has 2 bridgehead atoms. The quantitative estimate of drug-likeness (QED) is 0.596. The molecule has 0 spiro atoms. The topological polar surface area (TPSA) is 96.3 Å². The van der Waals surface area contributed by atoms with E-state index in [1.807, 2.05) is 6.92 Å². The van der Waals surface area contributed by atoms with E-state index in [-0.39, 0.29) is 48.4 Å². The largest absolute Gasteiger partial charge is 0.461 e. The molecule has 6 atom stereocenters. The molecule has 34 heavy (non-hydrogen) atoms. The van der Waals surface area contributed by atoms with Crippen molar-refractivity contribution in [2.45, 2.75) is 134 Å². The van der Waals surface area contributed by atoms with E-state index >= 15 is 0 Å². The Hall–Kier alpha value is -1.18. The third kappa shape index (κ3) is 6.14. The Labute approximate surface area is 204 Å². The maximum Gasteiger partial charge on any atom is 0.329 e. The second-order valence-electron chi connectivity index (χ2n) is 11.6. The lowest BCUT2D eigenvalue weighted by molar-refractivity contribution is -0.282. The maximum atomic E-state index is 13.4. The van der Waals surface area contributed by atoms with E-state index in [1.54, 1.807) is 4.90 Å². The Morgan fingerprint density at radius 3 is 2.53 bits per heavy atom. The lowest BCUT2D eigenvalue weighted by atomic mass is 9.80. The minimum absolute atomic E-state index is 0.0709. The monoisotopic (exact) mass is 479 g/mol. The van der Waals surface area contributed by atoms with E-state index in [1.165, 1.54) is 0 Å². The second-order valence-corrected chi connectivity index (χ2v) is 11.6. The zero-order valence-corrected chi connectivity index (χ0v) is 21.1. The van der Waals surface area contributed by atoms with Gasteiger partial charge in [0.25, 0.3) is 0 Å². The van der Waals surface area contributed by atoms with Gasteiger partial charge in [-0.25, -0.2) is 4.79 Å². The highest BCUT2D eigenvalue weighted by atomic mass is 16.6. The molecule has 7 nitrogen and oxygen atoms in total. The number of rotatable bonds is 3. The first kappa shape index (κ1) is 25.9. The van der Waals surface area contributed by atoms with Crippen LogP contribution in [0.2, 0.25) is 0 Å². The molecule has 3 saturated heterocycles. The van der Waals surface area contributed by atoms with Gasteiger partial charge in [0, 0.05) is 12.5 Å². The van der Waals surface area contributed by atoms with Gasteiger partial charge in [0.1, 0.15) is 12.1 Å². The van der Waals surface area contributed by atoms with Gasteiger partial charge in [-0.2, -0.15) is 0 Å². The molecule has 7 heteroatoms. The number of piperidine rings is 1. The Morgan fingerprint density at radius 2 is 1.76 bits per heavy atom. The fraction of sp³-hybridized carbons (Fsp3) is 0.926. The number of hydrogen-bond acceptors (Lipinski definition) is 6. The minimum Gasteiger partial charge on any atom is -0.461 e. The van der Waals surface area contributed by atoms with Crippen molar-refractivity contribution in [3.63, 3.8) is 0 Å². The number of amides is 1. The summed E-state index contributed by atoms with van der Waals surface area (Å²) in [6.07, 6.45) is 10.8. The number of carbonyl (C=O) groups excluding carboxylic acids is 2. The highest BCUT2D eigenvalue weighted by Gasteiger charge is 2.46. The first-order chi connectivity index (χ1) is 16.2. The molecule has 4 fully saturated rings. The summed E-state index contributed by atoms with van der Waals surface area (Å²) in [5.41, 5.74) is 0. The van der Waals surface area contributed by atoms with Gasteiger partial charge in [-0.3, -0.25) is 4.79 Å². The van der Waals surface area contributed by atoms with Crippen LogP contribution in [-0.4, -0.2) is 63.7 Å². The number of carbonyl (C=O) groups is 2. The van der Waals surface area contributed by atoms with E-state index in [9.17, 15) is 19.8 Å². The lowest BCUT2D eigenvalue weighted by Gasteiger charge is -2.43. The number of esters is 1. The van der Waals surface area contributed by atoms with E-state index < -0.39 is 11.8 Å². The average molecular weight is 480 g/mol. The van der Waals surface area contributed by atoms with Crippen molar-refractivity contribution >= 4 is 11.9 Å². The predicted molar refractivity (Wildman–Crippen MR) is 128 cm³/mol.